The number of thiazole rings is 1. The number of nitrogens with zero attached hydrogens (tertiary/aromatic N) is 3. The van der Waals surface area contributed by atoms with E-state index in [0.29, 0.717) is 12.3 Å². The molecule has 1 atom stereocenters. The molecule has 1 fully saturated rings. The van der Waals surface area contributed by atoms with E-state index in [9.17, 15) is 0 Å². The van der Waals surface area contributed by atoms with Crippen LogP contribution >= 0.6 is 11.3 Å². The highest BCUT2D eigenvalue weighted by Gasteiger charge is 2.19. The topological polar surface area (TPSA) is 63.8 Å². The first kappa shape index (κ1) is 12.7. The molecule has 0 amide bonds. The van der Waals surface area contributed by atoms with Crippen LogP contribution in [0.25, 0.3) is 0 Å². The standard InChI is InChI=1S/C13H18N4OS/c1-9-15-10(8-19-9)7-12-16-13(17-18-12)11-5-3-2-4-6-14-11/h8,11,14H,2-7H2,1H3. The summed E-state index contributed by atoms with van der Waals surface area (Å²) in [5.41, 5.74) is 1.01. The number of aryl methyl sites for hydroxylation is 1. The van der Waals surface area contributed by atoms with Crippen LogP contribution < -0.4 is 5.32 Å². The Morgan fingerprint density at radius 3 is 3.16 bits per heavy atom. The van der Waals surface area contributed by atoms with E-state index in [1.165, 1.54) is 19.3 Å². The molecular formula is C13H18N4OS. The SMILES string of the molecule is Cc1nc(Cc2nc(C3CCCCCN3)no2)cs1. The van der Waals surface area contributed by atoms with E-state index in [4.69, 9.17) is 4.52 Å². The van der Waals surface area contributed by atoms with E-state index in [1.807, 2.05) is 12.3 Å². The molecule has 2 aromatic heterocycles. The van der Waals surface area contributed by atoms with E-state index in [0.717, 1.165) is 29.5 Å². The molecule has 102 valence electrons. The number of hydrogen-bond acceptors (Lipinski definition) is 6. The van der Waals surface area contributed by atoms with Gasteiger partial charge < -0.3 is 9.84 Å². The lowest BCUT2D eigenvalue weighted by molar-refractivity contribution is 0.368. The van der Waals surface area contributed by atoms with Crippen molar-refractivity contribution in [2.45, 2.75) is 45.1 Å². The summed E-state index contributed by atoms with van der Waals surface area (Å²) in [7, 11) is 0. The first-order valence-electron chi connectivity index (χ1n) is 6.78. The lowest BCUT2D eigenvalue weighted by Gasteiger charge is -2.09. The van der Waals surface area contributed by atoms with Gasteiger partial charge in [-0.05, 0) is 26.3 Å². The van der Waals surface area contributed by atoms with Crippen LogP contribution in [0, 0.1) is 6.92 Å². The minimum absolute atomic E-state index is 0.247. The van der Waals surface area contributed by atoms with Crippen LogP contribution in [0.2, 0.25) is 0 Å². The summed E-state index contributed by atoms with van der Waals surface area (Å²) in [6, 6.07) is 0.247. The summed E-state index contributed by atoms with van der Waals surface area (Å²) < 4.78 is 5.34. The summed E-state index contributed by atoms with van der Waals surface area (Å²) >= 11 is 1.65. The molecule has 1 aliphatic heterocycles. The Bertz CT molecular complexity index is 528. The zero-order valence-electron chi connectivity index (χ0n) is 11.1. The zero-order valence-corrected chi connectivity index (χ0v) is 11.9. The molecule has 0 radical (unpaired) electrons. The monoisotopic (exact) mass is 278 g/mol. The van der Waals surface area contributed by atoms with Gasteiger partial charge in [0.2, 0.25) is 5.89 Å². The van der Waals surface area contributed by atoms with Crippen LogP contribution in [-0.4, -0.2) is 21.7 Å². The van der Waals surface area contributed by atoms with Crippen LogP contribution in [0.5, 0.6) is 0 Å². The van der Waals surface area contributed by atoms with Crippen molar-refractivity contribution in [2.75, 3.05) is 6.54 Å². The van der Waals surface area contributed by atoms with Gasteiger partial charge in [0.15, 0.2) is 5.82 Å². The molecule has 0 spiro atoms. The van der Waals surface area contributed by atoms with Crippen molar-refractivity contribution in [3.8, 4) is 0 Å². The van der Waals surface area contributed by atoms with Gasteiger partial charge >= 0.3 is 0 Å². The van der Waals surface area contributed by atoms with E-state index >= 15 is 0 Å². The maximum Gasteiger partial charge on any atom is 0.232 e. The summed E-state index contributed by atoms with van der Waals surface area (Å²) in [5.74, 6) is 1.45. The maximum absolute atomic E-state index is 5.34. The Hall–Kier alpha value is -1.27. The van der Waals surface area contributed by atoms with Crippen molar-refractivity contribution < 1.29 is 4.52 Å². The summed E-state index contributed by atoms with van der Waals surface area (Å²) in [4.78, 5) is 8.92. The van der Waals surface area contributed by atoms with Crippen molar-refractivity contribution in [2.24, 2.45) is 0 Å². The Morgan fingerprint density at radius 1 is 1.37 bits per heavy atom. The van der Waals surface area contributed by atoms with E-state index in [1.54, 1.807) is 11.3 Å². The van der Waals surface area contributed by atoms with Gasteiger partial charge in [0.25, 0.3) is 0 Å². The second kappa shape index (κ2) is 5.79. The molecule has 1 saturated heterocycles. The number of aromatic nitrogens is 3. The van der Waals surface area contributed by atoms with Gasteiger partial charge in [0, 0.05) is 5.38 Å². The summed E-state index contributed by atoms with van der Waals surface area (Å²) in [5, 5.41) is 10.7. The van der Waals surface area contributed by atoms with Crippen molar-refractivity contribution in [1.82, 2.24) is 20.4 Å². The van der Waals surface area contributed by atoms with Gasteiger partial charge in [-0.15, -0.1) is 11.3 Å². The van der Waals surface area contributed by atoms with Crippen LogP contribution in [0.1, 0.15) is 54.1 Å². The third-order valence-corrected chi connectivity index (χ3v) is 4.18. The summed E-state index contributed by atoms with van der Waals surface area (Å²) in [6.07, 6.45) is 5.47. The van der Waals surface area contributed by atoms with Crippen LogP contribution in [-0.2, 0) is 6.42 Å². The third kappa shape index (κ3) is 3.19. The molecule has 1 unspecified atom stereocenters. The van der Waals surface area contributed by atoms with Crippen molar-refractivity contribution in [1.29, 1.82) is 0 Å². The zero-order chi connectivity index (χ0) is 13.1. The largest absolute Gasteiger partial charge is 0.339 e. The van der Waals surface area contributed by atoms with Crippen LogP contribution in [0.3, 0.4) is 0 Å². The van der Waals surface area contributed by atoms with E-state index in [-0.39, 0.29) is 6.04 Å². The molecule has 1 aliphatic rings. The molecule has 0 aromatic carbocycles. The van der Waals surface area contributed by atoms with Crippen molar-refractivity contribution in [3.05, 3.63) is 27.8 Å². The predicted octanol–water partition coefficient (Wildman–Crippen LogP) is 2.63. The normalized spacial score (nSPS) is 20.4. The molecule has 0 aliphatic carbocycles. The Labute approximate surface area is 116 Å². The number of rotatable bonds is 3. The predicted molar refractivity (Wildman–Crippen MR) is 73.2 cm³/mol. The fourth-order valence-corrected chi connectivity index (χ4v) is 2.99. The highest BCUT2D eigenvalue weighted by molar-refractivity contribution is 7.09. The second-order valence-electron chi connectivity index (χ2n) is 4.94. The lowest BCUT2D eigenvalue weighted by Crippen LogP contribution is -2.21. The van der Waals surface area contributed by atoms with Crippen LogP contribution in [0.15, 0.2) is 9.90 Å². The number of hydrogen-bond donors (Lipinski definition) is 1. The highest BCUT2D eigenvalue weighted by Crippen LogP contribution is 2.21. The molecular weight excluding hydrogens is 260 g/mol. The quantitative estimate of drug-likeness (QED) is 0.935. The van der Waals surface area contributed by atoms with Gasteiger partial charge in [-0.3, -0.25) is 0 Å². The lowest BCUT2D eigenvalue weighted by atomic mass is 10.1. The van der Waals surface area contributed by atoms with E-state index in [2.05, 4.69) is 20.4 Å². The van der Waals surface area contributed by atoms with Gasteiger partial charge in [-0.1, -0.05) is 18.0 Å². The molecule has 19 heavy (non-hydrogen) atoms. The first-order valence-corrected chi connectivity index (χ1v) is 7.66. The maximum atomic E-state index is 5.34. The fraction of sp³-hybridized carbons (Fsp3) is 0.615. The second-order valence-corrected chi connectivity index (χ2v) is 6.00. The molecule has 5 nitrogen and oxygen atoms in total. The third-order valence-electron chi connectivity index (χ3n) is 3.35. The molecule has 3 heterocycles. The van der Waals surface area contributed by atoms with Gasteiger partial charge in [0.05, 0.1) is 23.2 Å². The smallest absolute Gasteiger partial charge is 0.232 e. The molecule has 3 rings (SSSR count). The number of nitrogens with one attached hydrogen (secondary N) is 1. The Kier molecular flexibility index (Phi) is 3.89. The highest BCUT2D eigenvalue weighted by atomic mass is 32.1. The molecule has 0 bridgehead atoms. The van der Waals surface area contributed by atoms with Crippen LogP contribution in [0.4, 0.5) is 0 Å². The molecule has 2 aromatic rings. The Balaban J connectivity index is 1.68. The first-order chi connectivity index (χ1) is 9.31. The van der Waals surface area contributed by atoms with Gasteiger partial charge in [0.1, 0.15) is 0 Å². The average Bonchev–Trinajstić information content (AvgIpc) is 2.92. The van der Waals surface area contributed by atoms with Crippen molar-refractivity contribution >= 4 is 11.3 Å². The molecule has 6 heteroatoms. The fourth-order valence-electron chi connectivity index (χ4n) is 2.37. The van der Waals surface area contributed by atoms with Crippen molar-refractivity contribution in [3.63, 3.8) is 0 Å². The van der Waals surface area contributed by atoms with Gasteiger partial charge in [-0.2, -0.15) is 4.98 Å². The summed E-state index contributed by atoms with van der Waals surface area (Å²) in [6.45, 7) is 3.04. The Morgan fingerprint density at radius 2 is 2.32 bits per heavy atom. The van der Waals surface area contributed by atoms with E-state index < -0.39 is 0 Å². The van der Waals surface area contributed by atoms with Gasteiger partial charge in [-0.25, -0.2) is 4.98 Å². The molecule has 0 saturated carbocycles. The minimum atomic E-state index is 0.247. The molecule has 1 N–H and O–H groups in total. The average molecular weight is 278 g/mol. The minimum Gasteiger partial charge on any atom is -0.339 e.